The van der Waals surface area contributed by atoms with Crippen LogP contribution in [-0.2, 0) is 10.0 Å². The van der Waals surface area contributed by atoms with Crippen molar-refractivity contribution < 1.29 is 17.9 Å². The molecule has 31 heavy (non-hydrogen) atoms. The van der Waals surface area contributed by atoms with Crippen molar-refractivity contribution in [1.29, 1.82) is 0 Å². The Bertz CT molecular complexity index is 1240. The quantitative estimate of drug-likeness (QED) is 0.437. The number of fused-ring (bicyclic) bond motifs is 1. The molecule has 0 aliphatic rings. The average molecular weight is 498 g/mol. The Morgan fingerprint density at radius 3 is 2.45 bits per heavy atom. The smallest absolute Gasteiger partial charge is 0.269 e. The molecule has 3 rings (SSSR count). The Morgan fingerprint density at radius 2 is 1.84 bits per heavy atom. The molecular formula is C20H20ClN3O4S3. The van der Waals surface area contributed by atoms with Gasteiger partial charge in [-0.3, -0.25) is 10.1 Å². The maximum atomic E-state index is 12.6. The predicted octanol–water partition coefficient (Wildman–Crippen LogP) is 4.38. The highest BCUT2D eigenvalue weighted by Crippen LogP contribution is 2.37. The Labute approximate surface area is 194 Å². The van der Waals surface area contributed by atoms with Crippen molar-refractivity contribution in [3.05, 3.63) is 52.4 Å². The van der Waals surface area contributed by atoms with Crippen molar-refractivity contribution >= 4 is 72.0 Å². The van der Waals surface area contributed by atoms with Gasteiger partial charge in [0.15, 0.2) is 5.11 Å². The lowest BCUT2D eigenvalue weighted by Crippen LogP contribution is -2.33. The topological polar surface area (TPSA) is 96.5 Å². The highest BCUT2D eigenvalue weighted by molar-refractivity contribution is 7.89. The fourth-order valence-corrected chi connectivity index (χ4v) is 5.64. The van der Waals surface area contributed by atoms with Crippen LogP contribution in [0, 0.1) is 0 Å². The van der Waals surface area contributed by atoms with E-state index in [1.807, 2.05) is 6.07 Å². The summed E-state index contributed by atoms with van der Waals surface area (Å²) >= 11 is 12.8. The zero-order valence-corrected chi connectivity index (χ0v) is 20.1. The summed E-state index contributed by atoms with van der Waals surface area (Å²) in [5, 5.41) is 6.61. The van der Waals surface area contributed by atoms with Gasteiger partial charge < -0.3 is 10.1 Å². The van der Waals surface area contributed by atoms with E-state index < -0.39 is 15.9 Å². The second-order valence-electron chi connectivity index (χ2n) is 6.82. The lowest BCUT2D eigenvalue weighted by Gasteiger charge is -2.11. The molecule has 0 radical (unpaired) electrons. The van der Waals surface area contributed by atoms with Crippen molar-refractivity contribution in [2.75, 3.05) is 12.4 Å². The monoisotopic (exact) mass is 497 g/mol. The van der Waals surface area contributed by atoms with Crippen LogP contribution in [-0.4, -0.2) is 32.6 Å². The molecule has 3 N–H and O–H groups in total. The van der Waals surface area contributed by atoms with E-state index in [4.69, 9.17) is 28.6 Å². The van der Waals surface area contributed by atoms with Gasteiger partial charge in [-0.15, -0.1) is 11.3 Å². The molecule has 0 saturated heterocycles. The number of carbonyl (C=O) groups excluding carboxylic acids is 1. The van der Waals surface area contributed by atoms with Crippen molar-refractivity contribution in [2.24, 2.45) is 0 Å². The lowest BCUT2D eigenvalue weighted by atomic mass is 10.2. The number of rotatable bonds is 6. The van der Waals surface area contributed by atoms with Gasteiger partial charge >= 0.3 is 0 Å². The van der Waals surface area contributed by atoms with E-state index in [0.29, 0.717) is 21.3 Å². The van der Waals surface area contributed by atoms with E-state index in [1.165, 1.54) is 23.5 Å². The van der Waals surface area contributed by atoms with Gasteiger partial charge in [0.25, 0.3) is 5.91 Å². The predicted molar refractivity (Wildman–Crippen MR) is 129 cm³/mol. The molecule has 1 amide bonds. The summed E-state index contributed by atoms with van der Waals surface area (Å²) in [5.74, 6) is 0.228. The maximum Gasteiger partial charge on any atom is 0.269 e. The fourth-order valence-electron chi connectivity index (χ4n) is 2.74. The number of thiocarbonyl (C=S) groups is 1. The van der Waals surface area contributed by atoms with Crippen LogP contribution < -0.4 is 20.1 Å². The number of halogens is 1. The molecule has 0 bridgehead atoms. The minimum absolute atomic E-state index is 0.0621. The first-order valence-electron chi connectivity index (χ1n) is 9.11. The Morgan fingerprint density at radius 1 is 1.16 bits per heavy atom. The summed E-state index contributed by atoms with van der Waals surface area (Å²) in [6.07, 6.45) is 0. The number of ether oxygens (including phenoxy) is 1. The summed E-state index contributed by atoms with van der Waals surface area (Å²) in [7, 11) is -2.02. The molecule has 1 aromatic heterocycles. The van der Waals surface area contributed by atoms with E-state index in [0.717, 1.165) is 10.1 Å². The number of carbonyl (C=O) groups is 1. The molecule has 164 valence electrons. The van der Waals surface area contributed by atoms with Crippen molar-refractivity contribution in [1.82, 2.24) is 10.0 Å². The van der Waals surface area contributed by atoms with Crippen molar-refractivity contribution in [3.8, 4) is 5.75 Å². The Balaban J connectivity index is 1.69. The van der Waals surface area contributed by atoms with Gasteiger partial charge in [-0.05, 0) is 68.5 Å². The van der Waals surface area contributed by atoms with Gasteiger partial charge in [-0.2, -0.15) is 0 Å². The molecule has 0 aliphatic heterocycles. The van der Waals surface area contributed by atoms with Crippen molar-refractivity contribution in [3.63, 3.8) is 0 Å². The highest BCUT2D eigenvalue weighted by Gasteiger charge is 2.19. The van der Waals surface area contributed by atoms with Gasteiger partial charge in [0.05, 0.1) is 17.0 Å². The third-order valence-electron chi connectivity index (χ3n) is 4.08. The fraction of sp³-hybridized carbons (Fsp3) is 0.200. The number of hydrogen-bond donors (Lipinski definition) is 3. The van der Waals surface area contributed by atoms with Gasteiger partial charge in [0, 0.05) is 21.8 Å². The van der Waals surface area contributed by atoms with E-state index >= 15 is 0 Å². The summed E-state index contributed by atoms with van der Waals surface area (Å²) < 4.78 is 32.9. The number of thiophene rings is 1. The molecule has 0 spiro atoms. The van der Waals surface area contributed by atoms with Crippen LogP contribution in [0.2, 0.25) is 5.02 Å². The van der Waals surface area contributed by atoms with Gasteiger partial charge in [-0.1, -0.05) is 11.6 Å². The average Bonchev–Trinajstić information content (AvgIpc) is 3.03. The molecule has 0 saturated carbocycles. The van der Waals surface area contributed by atoms with E-state index in [9.17, 15) is 13.2 Å². The van der Waals surface area contributed by atoms with E-state index in [2.05, 4.69) is 15.4 Å². The first-order valence-corrected chi connectivity index (χ1v) is 12.2. The number of nitrogens with one attached hydrogen (secondary N) is 3. The molecule has 0 atom stereocenters. The van der Waals surface area contributed by atoms with Crippen LogP contribution in [0.15, 0.2) is 47.4 Å². The van der Waals surface area contributed by atoms with Crippen LogP contribution in [0.3, 0.4) is 0 Å². The zero-order chi connectivity index (χ0) is 22.8. The van der Waals surface area contributed by atoms with E-state index in [1.54, 1.807) is 45.2 Å². The molecule has 0 unspecified atom stereocenters. The van der Waals surface area contributed by atoms with Gasteiger partial charge in [0.2, 0.25) is 10.0 Å². The van der Waals surface area contributed by atoms with Gasteiger partial charge in [-0.25, -0.2) is 13.1 Å². The SMILES string of the molecule is COc1ccc2c(Cl)c(C(=O)NC(=S)Nc3ccc(S(=O)(=O)NC(C)C)cc3)sc2c1. The minimum Gasteiger partial charge on any atom is -0.497 e. The highest BCUT2D eigenvalue weighted by atomic mass is 35.5. The Hall–Kier alpha value is -2.24. The molecule has 11 heteroatoms. The molecule has 0 aliphatic carbocycles. The maximum absolute atomic E-state index is 12.6. The molecule has 1 heterocycles. The summed E-state index contributed by atoms with van der Waals surface area (Å²) in [4.78, 5) is 13.1. The summed E-state index contributed by atoms with van der Waals surface area (Å²) in [6, 6.07) is 11.2. The molecule has 2 aromatic carbocycles. The van der Waals surface area contributed by atoms with Gasteiger partial charge in [0.1, 0.15) is 10.6 Å². The molecular weight excluding hydrogens is 478 g/mol. The van der Waals surface area contributed by atoms with Crippen molar-refractivity contribution in [2.45, 2.75) is 24.8 Å². The second-order valence-corrected chi connectivity index (χ2v) is 10.4. The Kier molecular flexibility index (Phi) is 7.17. The minimum atomic E-state index is -3.59. The second kappa shape index (κ2) is 9.49. The van der Waals surface area contributed by atoms with Crippen LogP contribution in [0.4, 0.5) is 5.69 Å². The van der Waals surface area contributed by atoms with E-state index in [-0.39, 0.29) is 16.0 Å². The molecule has 3 aromatic rings. The number of sulfonamides is 1. The first kappa shape index (κ1) is 23.4. The van der Waals surface area contributed by atoms with Crippen LogP contribution in [0.25, 0.3) is 10.1 Å². The summed E-state index contributed by atoms with van der Waals surface area (Å²) in [6.45, 7) is 3.49. The third kappa shape index (κ3) is 5.52. The van der Waals surface area contributed by atoms with Crippen LogP contribution >= 0.6 is 35.2 Å². The van der Waals surface area contributed by atoms with Crippen LogP contribution in [0.1, 0.15) is 23.5 Å². The van der Waals surface area contributed by atoms with Crippen LogP contribution in [0.5, 0.6) is 5.75 Å². The number of hydrogen-bond acceptors (Lipinski definition) is 6. The lowest BCUT2D eigenvalue weighted by molar-refractivity contribution is 0.0982. The number of anilines is 1. The third-order valence-corrected chi connectivity index (χ3v) is 7.62. The molecule has 0 fully saturated rings. The molecule has 7 nitrogen and oxygen atoms in total. The number of amides is 1. The summed E-state index contributed by atoms with van der Waals surface area (Å²) in [5.41, 5.74) is 0.529. The largest absolute Gasteiger partial charge is 0.497 e. The number of benzene rings is 2. The normalized spacial score (nSPS) is 11.5. The standard InChI is InChI=1S/C20H20ClN3O4S3/c1-11(2)24-31(26,27)14-7-4-12(5-8-14)22-20(29)23-19(25)18-17(21)15-9-6-13(28-3)10-16(15)30-18/h4-11,24H,1-3H3,(H2,22,23,25,29). The first-order chi connectivity index (χ1) is 14.6. The zero-order valence-electron chi connectivity index (χ0n) is 16.9. The number of methoxy groups -OCH3 is 1.